The number of halogens is 2. The van der Waals surface area contributed by atoms with Crippen LogP contribution in [0.1, 0.15) is 44.1 Å². The van der Waals surface area contributed by atoms with Gasteiger partial charge in [-0.2, -0.15) is 0 Å². The maximum absolute atomic E-state index is 12.8. The van der Waals surface area contributed by atoms with E-state index in [1.807, 2.05) is 28.0 Å². The standard InChI is InChI=1S/C21H30ClN3O2.ClH/c22-18-7-3-2-6-17(18)14-19(26)24-10-12-25(13-11-24)20(27)15-21(16-23)8-4-1-5-9-21;/h2-3,6-7H,1,4-5,8-16,23H2;1H. The van der Waals surface area contributed by atoms with E-state index in [4.69, 9.17) is 17.3 Å². The minimum Gasteiger partial charge on any atom is -0.339 e. The summed E-state index contributed by atoms with van der Waals surface area (Å²) in [4.78, 5) is 29.1. The Kier molecular flexibility index (Phi) is 8.59. The molecule has 0 spiro atoms. The first-order chi connectivity index (χ1) is 13.0. The Labute approximate surface area is 179 Å². The van der Waals surface area contributed by atoms with Crippen molar-refractivity contribution in [1.29, 1.82) is 0 Å². The predicted octanol–water partition coefficient (Wildman–Crippen LogP) is 3.27. The fraction of sp³-hybridized carbons (Fsp3) is 0.619. The van der Waals surface area contributed by atoms with Gasteiger partial charge in [-0.05, 0) is 36.4 Å². The molecule has 0 bridgehead atoms. The van der Waals surface area contributed by atoms with Crippen LogP contribution in [-0.4, -0.2) is 54.3 Å². The summed E-state index contributed by atoms with van der Waals surface area (Å²) in [7, 11) is 0. The fourth-order valence-corrected chi connectivity index (χ4v) is 4.51. The van der Waals surface area contributed by atoms with E-state index < -0.39 is 0 Å². The summed E-state index contributed by atoms with van der Waals surface area (Å²) in [6.07, 6.45) is 6.59. The number of hydrogen-bond donors (Lipinski definition) is 1. The molecule has 1 heterocycles. The third-order valence-corrected chi connectivity index (χ3v) is 6.53. The van der Waals surface area contributed by atoms with Gasteiger partial charge in [0.15, 0.2) is 0 Å². The molecule has 0 unspecified atom stereocenters. The Bertz CT molecular complexity index is 669. The number of rotatable bonds is 5. The Morgan fingerprint density at radius 1 is 0.964 bits per heavy atom. The van der Waals surface area contributed by atoms with Gasteiger partial charge in [-0.25, -0.2) is 0 Å². The maximum Gasteiger partial charge on any atom is 0.227 e. The average molecular weight is 428 g/mol. The van der Waals surface area contributed by atoms with Crippen LogP contribution >= 0.6 is 24.0 Å². The molecule has 0 aromatic heterocycles. The molecular formula is C21H31Cl2N3O2. The molecule has 2 aliphatic rings. The highest BCUT2D eigenvalue weighted by Crippen LogP contribution is 2.38. The van der Waals surface area contributed by atoms with Crippen LogP contribution in [0.5, 0.6) is 0 Å². The fourth-order valence-electron chi connectivity index (χ4n) is 4.31. The van der Waals surface area contributed by atoms with Gasteiger partial charge in [0.1, 0.15) is 0 Å². The lowest BCUT2D eigenvalue weighted by Crippen LogP contribution is -2.52. The quantitative estimate of drug-likeness (QED) is 0.783. The van der Waals surface area contributed by atoms with Gasteiger partial charge in [0.05, 0.1) is 6.42 Å². The highest BCUT2D eigenvalue weighted by Gasteiger charge is 2.35. The summed E-state index contributed by atoms with van der Waals surface area (Å²) in [6.45, 7) is 2.98. The summed E-state index contributed by atoms with van der Waals surface area (Å²) >= 11 is 6.16. The van der Waals surface area contributed by atoms with Crippen molar-refractivity contribution in [3.63, 3.8) is 0 Å². The van der Waals surface area contributed by atoms with E-state index in [2.05, 4.69) is 0 Å². The second-order valence-corrected chi connectivity index (χ2v) is 8.38. The van der Waals surface area contributed by atoms with Crippen molar-refractivity contribution in [1.82, 2.24) is 9.80 Å². The van der Waals surface area contributed by atoms with Crippen molar-refractivity contribution in [2.45, 2.75) is 44.9 Å². The largest absolute Gasteiger partial charge is 0.339 e. The summed E-state index contributed by atoms with van der Waals surface area (Å²) in [5, 5.41) is 0.624. The molecule has 1 saturated carbocycles. The monoisotopic (exact) mass is 427 g/mol. The molecule has 2 fully saturated rings. The normalized spacial score (nSPS) is 19.1. The Hall–Kier alpha value is -1.30. The van der Waals surface area contributed by atoms with Gasteiger partial charge in [0.25, 0.3) is 0 Å². The number of piperazine rings is 1. The Balaban J connectivity index is 0.00000280. The van der Waals surface area contributed by atoms with Gasteiger partial charge in [-0.15, -0.1) is 12.4 Å². The molecule has 1 aromatic rings. The summed E-state index contributed by atoms with van der Waals surface area (Å²) in [5.74, 6) is 0.265. The van der Waals surface area contributed by atoms with Gasteiger partial charge in [-0.1, -0.05) is 49.1 Å². The zero-order chi connectivity index (χ0) is 19.3. The van der Waals surface area contributed by atoms with Gasteiger partial charge < -0.3 is 15.5 Å². The number of carbonyl (C=O) groups excluding carboxylic acids is 2. The van der Waals surface area contributed by atoms with Gasteiger partial charge >= 0.3 is 0 Å². The van der Waals surface area contributed by atoms with E-state index in [-0.39, 0.29) is 29.6 Å². The molecule has 3 rings (SSSR count). The molecule has 0 radical (unpaired) electrons. The van der Waals surface area contributed by atoms with Crippen LogP contribution in [0.15, 0.2) is 24.3 Å². The Morgan fingerprint density at radius 3 is 2.11 bits per heavy atom. The third-order valence-electron chi connectivity index (χ3n) is 6.16. The minimum atomic E-state index is -0.00759. The van der Waals surface area contributed by atoms with E-state index in [1.54, 1.807) is 6.07 Å². The van der Waals surface area contributed by atoms with Crippen LogP contribution in [0.3, 0.4) is 0 Å². The summed E-state index contributed by atoms with van der Waals surface area (Å²) < 4.78 is 0. The van der Waals surface area contributed by atoms with Crippen molar-refractivity contribution < 1.29 is 9.59 Å². The molecule has 1 saturated heterocycles. The molecule has 156 valence electrons. The minimum absolute atomic E-state index is 0. The molecule has 1 aliphatic heterocycles. The maximum atomic E-state index is 12.8. The first-order valence-electron chi connectivity index (χ1n) is 10.0. The molecule has 28 heavy (non-hydrogen) atoms. The molecule has 1 aliphatic carbocycles. The van der Waals surface area contributed by atoms with Crippen molar-refractivity contribution in [2.75, 3.05) is 32.7 Å². The van der Waals surface area contributed by atoms with Crippen LogP contribution in [0, 0.1) is 5.41 Å². The van der Waals surface area contributed by atoms with Crippen molar-refractivity contribution in [3.05, 3.63) is 34.9 Å². The summed E-state index contributed by atoms with van der Waals surface area (Å²) in [5.41, 5.74) is 6.87. The lowest BCUT2D eigenvalue weighted by Gasteiger charge is -2.39. The molecular weight excluding hydrogens is 397 g/mol. The van der Waals surface area contributed by atoms with Crippen LogP contribution in [0.2, 0.25) is 5.02 Å². The van der Waals surface area contributed by atoms with Crippen LogP contribution in [0.4, 0.5) is 0 Å². The SMILES string of the molecule is Cl.NCC1(CC(=O)N2CCN(C(=O)Cc3ccccc3Cl)CC2)CCCCC1. The summed E-state index contributed by atoms with van der Waals surface area (Å²) in [6, 6.07) is 7.44. The first-order valence-corrected chi connectivity index (χ1v) is 10.4. The molecule has 0 atom stereocenters. The third kappa shape index (κ3) is 5.62. The smallest absolute Gasteiger partial charge is 0.227 e. The van der Waals surface area contributed by atoms with E-state index in [1.165, 1.54) is 19.3 Å². The number of hydrogen-bond acceptors (Lipinski definition) is 3. The first kappa shape index (κ1) is 23.0. The lowest BCUT2D eigenvalue weighted by molar-refractivity contribution is -0.141. The lowest BCUT2D eigenvalue weighted by atomic mass is 9.71. The Morgan fingerprint density at radius 2 is 1.54 bits per heavy atom. The number of amides is 2. The number of benzene rings is 1. The van der Waals surface area contributed by atoms with Crippen molar-refractivity contribution >= 4 is 35.8 Å². The van der Waals surface area contributed by atoms with E-state index in [0.717, 1.165) is 18.4 Å². The van der Waals surface area contributed by atoms with Crippen LogP contribution in [-0.2, 0) is 16.0 Å². The molecule has 5 nitrogen and oxygen atoms in total. The highest BCUT2D eigenvalue weighted by atomic mass is 35.5. The van der Waals surface area contributed by atoms with E-state index in [9.17, 15) is 9.59 Å². The van der Waals surface area contributed by atoms with Crippen molar-refractivity contribution in [3.8, 4) is 0 Å². The predicted molar refractivity (Wildman–Crippen MR) is 115 cm³/mol. The van der Waals surface area contributed by atoms with E-state index in [0.29, 0.717) is 50.6 Å². The van der Waals surface area contributed by atoms with Crippen molar-refractivity contribution in [2.24, 2.45) is 11.1 Å². The number of nitrogens with two attached hydrogens (primary N) is 1. The highest BCUT2D eigenvalue weighted by molar-refractivity contribution is 6.31. The number of carbonyl (C=O) groups is 2. The zero-order valence-electron chi connectivity index (χ0n) is 16.4. The van der Waals surface area contributed by atoms with Gasteiger partial charge in [-0.3, -0.25) is 9.59 Å². The van der Waals surface area contributed by atoms with E-state index >= 15 is 0 Å². The second kappa shape index (κ2) is 10.5. The van der Waals surface area contributed by atoms with Gasteiger partial charge in [0.2, 0.25) is 11.8 Å². The van der Waals surface area contributed by atoms with Crippen LogP contribution in [0.25, 0.3) is 0 Å². The number of nitrogens with zero attached hydrogens (tertiary/aromatic N) is 2. The molecule has 2 N–H and O–H groups in total. The molecule has 2 amide bonds. The molecule has 1 aromatic carbocycles. The zero-order valence-corrected chi connectivity index (χ0v) is 17.9. The topological polar surface area (TPSA) is 66.6 Å². The van der Waals surface area contributed by atoms with Gasteiger partial charge in [0, 0.05) is 37.6 Å². The second-order valence-electron chi connectivity index (χ2n) is 7.97. The molecule has 7 heteroatoms. The average Bonchev–Trinajstić information content (AvgIpc) is 2.70. The van der Waals surface area contributed by atoms with Crippen LogP contribution < -0.4 is 5.73 Å².